The van der Waals surface area contributed by atoms with Gasteiger partial charge in [0.2, 0.25) is 5.91 Å². The van der Waals surface area contributed by atoms with Gasteiger partial charge >= 0.3 is 12.1 Å². The third-order valence-electron chi connectivity index (χ3n) is 3.92. The third kappa shape index (κ3) is 8.69. The number of anilines is 1. The monoisotopic (exact) mass is 394 g/mol. The van der Waals surface area contributed by atoms with Crippen molar-refractivity contribution < 1.29 is 19.1 Å². The summed E-state index contributed by atoms with van der Waals surface area (Å²) < 4.78 is 5.23. The number of carbonyl (C=O) groups excluding carboxylic acids is 3. The number of primary amides is 1. The molecule has 1 aromatic rings. The van der Waals surface area contributed by atoms with Crippen LogP contribution < -0.4 is 27.4 Å². The van der Waals surface area contributed by atoms with Gasteiger partial charge in [-0.3, -0.25) is 4.79 Å². The Kier molecular flexibility index (Phi) is 10.4. The van der Waals surface area contributed by atoms with Crippen molar-refractivity contribution in [2.75, 3.05) is 39.0 Å². The minimum absolute atomic E-state index is 0.124. The first-order valence-electron chi connectivity index (χ1n) is 9.05. The number of benzene rings is 1. The molecule has 28 heavy (non-hydrogen) atoms. The number of hydrogen-bond acceptors (Lipinski definition) is 6. The Morgan fingerprint density at radius 1 is 1.21 bits per heavy atom. The fraction of sp³-hybridized carbons (Fsp3) is 0.500. The van der Waals surface area contributed by atoms with E-state index in [9.17, 15) is 14.4 Å². The molecule has 0 spiro atoms. The number of carbonyl (C=O) groups is 3. The highest BCUT2D eigenvalue weighted by Crippen LogP contribution is 2.12. The van der Waals surface area contributed by atoms with E-state index in [1.165, 1.54) is 4.90 Å². The second-order valence-electron chi connectivity index (χ2n) is 6.26. The number of amides is 4. The van der Waals surface area contributed by atoms with Crippen LogP contribution in [0.4, 0.5) is 15.3 Å². The summed E-state index contributed by atoms with van der Waals surface area (Å²) in [7, 11) is 3.48. The molecule has 0 aliphatic rings. The zero-order valence-corrected chi connectivity index (χ0v) is 16.4. The Balaban J connectivity index is 2.55. The Bertz CT molecular complexity index is 637. The highest BCUT2D eigenvalue weighted by Gasteiger charge is 2.19. The molecule has 0 radical (unpaired) electrons. The Morgan fingerprint density at radius 3 is 2.46 bits per heavy atom. The molecule has 0 saturated carbocycles. The van der Waals surface area contributed by atoms with Crippen LogP contribution in [-0.4, -0.2) is 62.7 Å². The van der Waals surface area contributed by atoms with Crippen LogP contribution >= 0.6 is 0 Å². The highest BCUT2D eigenvalue weighted by atomic mass is 16.6. The number of ether oxygens (including phenoxy) is 1. The number of rotatable bonds is 11. The SMILES string of the molecule is CNCCN(C)C(=O)OCc1ccc(NC(=O)[C@H](CCCN)NC(N)=O)cc1. The fourth-order valence-electron chi connectivity index (χ4n) is 2.30. The molecule has 10 heteroatoms. The van der Waals surface area contributed by atoms with Crippen LogP contribution in [0.5, 0.6) is 0 Å². The van der Waals surface area contributed by atoms with Gasteiger partial charge in [-0.1, -0.05) is 12.1 Å². The van der Waals surface area contributed by atoms with E-state index in [0.29, 0.717) is 38.2 Å². The zero-order valence-electron chi connectivity index (χ0n) is 16.4. The third-order valence-corrected chi connectivity index (χ3v) is 3.92. The van der Waals surface area contributed by atoms with E-state index < -0.39 is 18.2 Å². The Labute approximate surface area is 164 Å². The second-order valence-corrected chi connectivity index (χ2v) is 6.26. The van der Waals surface area contributed by atoms with Gasteiger partial charge in [0.25, 0.3) is 0 Å². The van der Waals surface area contributed by atoms with Crippen molar-refractivity contribution in [1.29, 1.82) is 0 Å². The van der Waals surface area contributed by atoms with Gasteiger partial charge in [-0.15, -0.1) is 0 Å². The number of likely N-dealkylation sites (N-methyl/N-ethyl adjacent to an activating group) is 2. The lowest BCUT2D eigenvalue weighted by Crippen LogP contribution is -2.46. The summed E-state index contributed by atoms with van der Waals surface area (Å²) in [6.45, 7) is 1.75. The van der Waals surface area contributed by atoms with Crippen molar-refractivity contribution in [2.24, 2.45) is 11.5 Å². The maximum Gasteiger partial charge on any atom is 0.409 e. The molecule has 0 heterocycles. The van der Waals surface area contributed by atoms with E-state index in [2.05, 4.69) is 16.0 Å². The van der Waals surface area contributed by atoms with Crippen molar-refractivity contribution in [1.82, 2.24) is 15.5 Å². The van der Waals surface area contributed by atoms with Crippen molar-refractivity contribution >= 4 is 23.7 Å². The van der Waals surface area contributed by atoms with Crippen LogP contribution in [-0.2, 0) is 16.1 Å². The molecular formula is C18H30N6O4. The highest BCUT2D eigenvalue weighted by molar-refractivity contribution is 5.96. The number of nitrogens with zero attached hydrogens (tertiary/aromatic N) is 1. The van der Waals surface area contributed by atoms with Gasteiger partial charge in [0.15, 0.2) is 0 Å². The van der Waals surface area contributed by atoms with E-state index >= 15 is 0 Å². The van der Waals surface area contributed by atoms with Crippen LogP contribution in [0.15, 0.2) is 24.3 Å². The van der Waals surface area contributed by atoms with Crippen LogP contribution in [0.25, 0.3) is 0 Å². The van der Waals surface area contributed by atoms with Crippen LogP contribution in [0.1, 0.15) is 18.4 Å². The number of hydrogen-bond donors (Lipinski definition) is 5. The van der Waals surface area contributed by atoms with Gasteiger partial charge < -0.3 is 37.1 Å². The van der Waals surface area contributed by atoms with E-state index in [1.54, 1.807) is 31.3 Å². The average molecular weight is 394 g/mol. The zero-order chi connectivity index (χ0) is 20.9. The molecule has 1 atom stereocenters. The molecule has 0 aliphatic carbocycles. The lowest BCUT2D eigenvalue weighted by molar-refractivity contribution is -0.118. The lowest BCUT2D eigenvalue weighted by atomic mass is 10.1. The van der Waals surface area contributed by atoms with Crippen molar-refractivity contribution in [2.45, 2.75) is 25.5 Å². The first kappa shape index (κ1) is 23.2. The van der Waals surface area contributed by atoms with Crippen molar-refractivity contribution in [3.63, 3.8) is 0 Å². The maximum absolute atomic E-state index is 12.3. The topological polar surface area (TPSA) is 152 Å². The first-order chi connectivity index (χ1) is 13.4. The molecule has 0 unspecified atom stereocenters. The summed E-state index contributed by atoms with van der Waals surface area (Å²) in [5.74, 6) is -0.377. The van der Waals surface area contributed by atoms with E-state index in [-0.39, 0.29) is 12.5 Å². The molecule has 156 valence electrons. The molecule has 1 aromatic carbocycles. The lowest BCUT2D eigenvalue weighted by Gasteiger charge is -2.17. The predicted molar refractivity (Wildman–Crippen MR) is 107 cm³/mol. The average Bonchev–Trinajstić information content (AvgIpc) is 2.68. The van der Waals surface area contributed by atoms with Crippen LogP contribution in [0.2, 0.25) is 0 Å². The summed E-state index contributed by atoms with van der Waals surface area (Å²) in [4.78, 5) is 36.7. The predicted octanol–water partition coefficient (Wildman–Crippen LogP) is 0.189. The second kappa shape index (κ2) is 12.5. The van der Waals surface area contributed by atoms with Crippen LogP contribution in [0.3, 0.4) is 0 Å². The minimum atomic E-state index is -0.769. The van der Waals surface area contributed by atoms with E-state index in [4.69, 9.17) is 16.2 Å². The summed E-state index contributed by atoms with van der Waals surface area (Å²) in [5.41, 5.74) is 11.9. The van der Waals surface area contributed by atoms with Gasteiger partial charge in [-0.2, -0.15) is 0 Å². The Hall–Kier alpha value is -2.85. The molecule has 0 aliphatic heterocycles. The van der Waals surface area contributed by atoms with Gasteiger partial charge in [0.05, 0.1) is 0 Å². The number of nitrogens with two attached hydrogens (primary N) is 2. The van der Waals surface area contributed by atoms with E-state index in [1.807, 2.05) is 7.05 Å². The smallest absolute Gasteiger partial charge is 0.409 e. The van der Waals surface area contributed by atoms with Gasteiger partial charge in [0.1, 0.15) is 12.6 Å². The molecule has 0 fully saturated rings. The van der Waals surface area contributed by atoms with Gasteiger partial charge in [-0.25, -0.2) is 9.59 Å². The molecule has 10 nitrogen and oxygen atoms in total. The summed E-state index contributed by atoms with van der Waals surface area (Å²) in [5, 5.41) is 8.08. The number of urea groups is 1. The molecule has 0 bridgehead atoms. The fourth-order valence-corrected chi connectivity index (χ4v) is 2.30. The van der Waals surface area contributed by atoms with Gasteiger partial charge in [-0.05, 0) is 44.1 Å². The molecular weight excluding hydrogens is 364 g/mol. The maximum atomic E-state index is 12.3. The summed E-state index contributed by atoms with van der Waals surface area (Å²) >= 11 is 0. The van der Waals surface area contributed by atoms with Gasteiger partial charge in [0, 0.05) is 25.8 Å². The first-order valence-corrected chi connectivity index (χ1v) is 9.05. The molecule has 0 aromatic heterocycles. The molecule has 0 saturated heterocycles. The summed E-state index contributed by atoms with van der Waals surface area (Å²) in [6, 6.07) is 5.34. The van der Waals surface area contributed by atoms with E-state index in [0.717, 1.165) is 5.56 Å². The molecule has 7 N–H and O–H groups in total. The number of nitrogens with one attached hydrogen (secondary N) is 3. The quantitative estimate of drug-likeness (QED) is 0.361. The normalized spacial score (nSPS) is 11.4. The molecule has 1 rings (SSSR count). The van der Waals surface area contributed by atoms with Crippen LogP contribution in [0, 0.1) is 0 Å². The minimum Gasteiger partial charge on any atom is -0.445 e. The Morgan fingerprint density at radius 2 is 1.89 bits per heavy atom. The van der Waals surface area contributed by atoms with Crippen molar-refractivity contribution in [3.8, 4) is 0 Å². The largest absolute Gasteiger partial charge is 0.445 e. The van der Waals surface area contributed by atoms with Crippen molar-refractivity contribution in [3.05, 3.63) is 29.8 Å². The molecule has 4 amide bonds. The standard InChI is InChI=1S/C18H30N6O4/c1-21-10-11-24(2)18(27)28-12-13-5-7-14(8-6-13)22-16(25)15(4-3-9-19)23-17(20)26/h5-8,15,21H,3-4,9-12,19H2,1-2H3,(H,22,25)(H3,20,23,26)/t15-/m0/s1. The summed E-state index contributed by atoms with van der Waals surface area (Å²) in [6.07, 6.45) is 0.555.